The summed E-state index contributed by atoms with van der Waals surface area (Å²) in [7, 11) is 0. The van der Waals surface area contributed by atoms with Crippen LogP contribution in [0.4, 0.5) is 5.69 Å². The molecule has 0 spiro atoms. The minimum atomic E-state index is 0.0122. The van der Waals surface area contributed by atoms with Gasteiger partial charge in [0.1, 0.15) is 0 Å². The minimum Gasteiger partial charge on any atom is -0.326 e. The number of para-hydroxylation sites is 1. The molecule has 0 aliphatic heterocycles. The lowest BCUT2D eigenvalue weighted by atomic mass is 10.1. The van der Waals surface area contributed by atoms with E-state index in [9.17, 15) is 4.79 Å². The van der Waals surface area contributed by atoms with Crippen molar-refractivity contribution < 1.29 is 4.79 Å². The Bertz CT molecular complexity index is 511. The van der Waals surface area contributed by atoms with Crippen molar-refractivity contribution in [3.8, 4) is 0 Å². The van der Waals surface area contributed by atoms with Crippen molar-refractivity contribution in [1.82, 2.24) is 0 Å². The summed E-state index contributed by atoms with van der Waals surface area (Å²) in [5, 5.41) is 2.87. The predicted molar refractivity (Wildman–Crippen MR) is 77.9 cm³/mol. The average Bonchev–Trinajstić information content (AvgIpc) is 2.30. The van der Waals surface area contributed by atoms with Gasteiger partial charge in [-0.2, -0.15) is 0 Å². The van der Waals surface area contributed by atoms with Crippen LogP contribution in [-0.4, -0.2) is 5.91 Å². The highest BCUT2D eigenvalue weighted by Gasteiger charge is 2.03. The molecular formula is C14H12INO. The van der Waals surface area contributed by atoms with Crippen molar-refractivity contribution in [1.29, 1.82) is 0 Å². The van der Waals surface area contributed by atoms with Gasteiger partial charge in [0.25, 0.3) is 0 Å². The van der Waals surface area contributed by atoms with E-state index in [0.29, 0.717) is 6.42 Å². The molecule has 0 atom stereocenters. The fraction of sp³-hybridized carbons (Fsp3) is 0.0714. The number of rotatable bonds is 3. The lowest BCUT2D eigenvalue weighted by molar-refractivity contribution is -0.115. The Hall–Kier alpha value is -1.36. The molecule has 0 saturated carbocycles. The molecule has 0 unspecified atom stereocenters. The molecule has 2 rings (SSSR count). The van der Waals surface area contributed by atoms with Crippen LogP contribution in [0.1, 0.15) is 5.56 Å². The van der Waals surface area contributed by atoms with E-state index < -0.39 is 0 Å². The Balaban J connectivity index is 1.98. The van der Waals surface area contributed by atoms with Gasteiger partial charge in [0.05, 0.1) is 6.42 Å². The second kappa shape index (κ2) is 5.82. The topological polar surface area (TPSA) is 29.1 Å². The lowest BCUT2D eigenvalue weighted by Gasteiger charge is -2.05. The molecule has 0 aromatic heterocycles. The Labute approximate surface area is 114 Å². The lowest BCUT2D eigenvalue weighted by Crippen LogP contribution is -2.14. The fourth-order valence-corrected chi connectivity index (χ4v) is 2.17. The third-order valence-corrected chi connectivity index (χ3v) is 2.98. The second-order valence-corrected chi connectivity index (χ2v) is 4.97. The summed E-state index contributed by atoms with van der Waals surface area (Å²) in [6.45, 7) is 0. The molecule has 0 heterocycles. The zero-order valence-electron chi connectivity index (χ0n) is 9.19. The van der Waals surface area contributed by atoms with Crippen LogP contribution in [0.25, 0.3) is 0 Å². The van der Waals surface area contributed by atoms with E-state index in [1.165, 1.54) is 0 Å². The van der Waals surface area contributed by atoms with Crippen LogP contribution in [0.2, 0.25) is 0 Å². The molecule has 17 heavy (non-hydrogen) atoms. The maximum absolute atomic E-state index is 11.8. The van der Waals surface area contributed by atoms with Gasteiger partial charge in [0, 0.05) is 9.26 Å². The monoisotopic (exact) mass is 337 g/mol. The van der Waals surface area contributed by atoms with Crippen molar-refractivity contribution >= 4 is 34.2 Å². The Morgan fingerprint density at radius 2 is 1.82 bits per heavy atom. The largest absolute Gasteiger partial charge is 0.326 e. The first kappa shape index (κ1) is 12.1. The zero-order valence-corrected chi connectivity index (χ0v) is 11.3. The van der Waals surface area contributed by atoms with Gasteiger partial charge in [0.15, 0.2) is 0 Å². The van der Waals surface area contributed by atoms with Gasteiger partial charge in [-0.05, 0) is 52.4 Å². The Morgan fingerprint density at radius 3 is 2.53 bits per heavy atom. The van der Waals surface area contributed by atoms with Crippen molar-refractivity contribution in [2.75, 3.05) is 5.32 Å². The van der Waals surface area contributed by atoms with Gasteiger partial charge in [0.2, 0.25) is 5.91 Å². The third-order valence-electron chi connectivity index (χ3n) is 2.31. The van der Waals surface area contributed by atoms with Gasteiger partial charge in [-0.15, -0.1) is 0 Å². The van der Waals surface area contributed by atoms with E-state index in [4.69, 9.17) is 0 Å². The molecule has 0 aliphatic rings. The summed E-state index contributed by atoms with van der Waals surface area (Å²) in [4.78, 5) is 11.8. The standard InChI is InChI=1S/C14H12INO/c15-12-6-4-5-11(9-12)10-14(17)16-13-7-2-1-3-8-13/h1-9H,10H2,(H,16,17). The normalized spacial score (nSPS) is 9.94. The number of nitrogens with one attached hydrogen (secondary N) is 1. The van der Waals surface area contributed by atoms with Crippen LogP contribution in [0.15, 0.2) is 54.6 Å². The summed E-state index contributed by atoms with van der Waals surface area (Å²) < 4.78 is 1.15. The van der Waals surface area contributed by atoms with Crippen molar-refractivity contribution in [3.63, 3.8) is 0 Å². The molecule has 1 amide bonds. The fourth-order valence-electron chi connectivity index (χ4n) is 1.56. The minimum absolute atomic E-state index is 0.0122. The van der Waals surface area contributed by atoms with E-state index in [0.717, 1.165) is 14.8 Å². The molecule has 3 heteroatoms. The second-order valence-electron chi connectivity index (χ2n) is 3.72. The molecule has 1 N–H and O–H groups in total. The van der Waals surface area contributed by atoms with Crippen LogP contribution in [0.3, 0.4) is 0 Å². The first-order valence-electron chi connectivity index (χ1n) is 5.33. The SMILES string of the molecule is O=C(Cc1cccc(I)c1)Nc1ccccc1. The van der Waals surface area contributed by atoms with Gasteiger partial charge in [-0.3, -0.25) is 4.79 Å². The Morgan fingerprint density at radius 1 is 1.06 bits per heavy atom. The molecule has 2 nitrogen and oxygen atoms in total. The van der Waals surface area contributed by atoms with Crippen LogP contribution >= 0.6 is 22.6 Å². The molecule has 0 fully saturated rings. The number of anilines is 1. The van der Waals surface area contributed by atoms with Gasteiger partial charge < -0.3 is 5.32 Å². The number of hydrogen-bond acceptors (Lipinski definition) is 1. The smallest absolute Gasteiger partial charge is 0.228 e. The van der Waals surface area contributed by atoms with E-state index in [2.05, 4.69) is 27.9 Å². The zero-order chi connectivity index (χ0) is 12.1. The van der Waals surface area contributed by atoms with Crippen LogP contribution < -0.4 is 5.32 Å². The molecule has 0 saturated heterocycles. The van der Waals surface area contributed by atoms with Crippen molar-refractivity contribution in [2.45, 2.75) is 6.42 Å². The molecular weight excluding hydrogens is 325 g/mol. The van der Waals surface area contributed by atoms with Crippen LogP contribution in [0.5, 0.6) is 0 Å². The number of carbonyl (C=O) groups excluding carboxylic acids is 1. The summed E-state index contributed by atoms with van der Waals surface area (Å²) in [6, 6.07) is 17.5. The number of benzene rings is 2. The highest BCUT2D eigenvalue weighted by Crippen LogP contribution is 2.10. The number of carbonyl (C=O) groups is 1. The van der Waals surface area contributed by atoms with E-state index in [1.54, 1.807) is 0 Å². The quantitative estimate of drug-likeness (QED) is 0.854. The maximum Gasteiger partial charge on any atom is 0.228 e. The predicted octanol–water partition coefficient (Wildman–Crippen LogP) is 3.47. The van der Waals surface area contributed by atoms with Gasteiger partial charge in [-0.1, -0.05) is 30.3 Å². The molecule has 0 aliphatic carbocycles. The van der Waals surface area contributed by atoms with E-state index >= 15 is 0 Å². The van der Waals surface area contributed by atoms with Gasteiger partial charge in [-0.25, -0.2) is 0 Å². The summed E-state index contributed by atoms with van der Waals surface area (Å²) in [5.74, 6) is 0.0122. The molecule has 2 aromatic carbocycles. The third kappa shape index (κ3) is 3.85. The molecule has 0 radical (unpaired) electrons. The number of amides is 1. The van der Waals surface area contributed by atoms with E-state index in [-0.39, 0.29) is 5.91 Å². The Kier molecular flexibility index (Phi) is 4.14. The van der Waals surface area contributed by atoms with Crippen molar-refractivity contribution in [2.24, 2.45) is 0 Å². The summed E-state index contributed by atoms with van der Waals surface area (Å²) in [5.41, 5.74) is 1.87. The first-order valence-corrected chi connectivity index (χ1v) is 6.41. The molecule has 0 bridgehead atoms. The number of halogens is 1. The highest BCUT2D eigenvalue weighted by atomic mass is 127. The van der Waals surface area contributed by atoms with Crippen LogP contribution in [0, 0.1) is 3.57 Å². The van der Waals surface area contributed by atoms with Crippen LogP contribution in [-0.2, 0) is 11.2 Å². The summed E-state index contributed by atoms with van der Waals surface area (Å²) in [6.07, 6.45) is 0.408. The average molecular weight is 337 g/mol. The maximum atomic E-state index is 11.8. The molecule has 2 aromatic rings. The summed E-state index contributed by atoms with van der Waals surface area (Å²) >= 11 is 2.24. The van der Waals surface area contributed by atoms with E-state index in [1.807, 2.05) is 54.6 Å². The first-order chi connectivity index (χ1) is 8.24. The highest BCUT2D eigenvalue weighted by molar-refractivity contribution is 14.1. The van der Waals surface area contributed by atoms with Crippen molar-refractivity contribution in [3.05, 3.63) is 63.7 Å². The molecule has 86 valence electrons. The number of hydrogen-bond donors (Lipinski definition) is 1. The van der Waals surface area contributed by atoms with Gasteiger partial charge >= 0.3 is 0 Å².